The highest BCUT2D eigenvalue weighted by Crippen LogP contribution is 2.45. The maximum absolute atomic E-state index is 12.7. The lowest BCUT2D eigenvalue weighted by Gasteiger charge is -2.28. The lowest BCUT2D eigenvalue weighted by molar-refractivity contribution is -0.123. The minimum atomic E-state index is -0.305. The van der Waals surface area contributed by atoms with Gasteiger partial charge in [-0.15, -0.1) is 11.8 Å². The van der Waals surface area contributed by atoms with E-state index in [1.165, 1.54) is 0 Å². The molecule has 1 saturated carbocycles. The zero-order valence-corrected chi connectivity index (χ0v) is 13.5. The van der Waals surface area contributed by atoms with Crippen molar-refractivity contribution in [1.82, 2.24) is 5.32 Å². The molecule has 0 aromatic heterocycles. The molecular weight excluding hydrogens is 282 g/mol. The highest BCUT2D eigenvalue weighted by molar-refractivity contribution is 8.01. The van der Waals surface area contributed by atoms with Crippen LogP contribution in [0.15, 0.2) is 35.2 Å². The number of benzene rings is 1. The van der Waals surface area contributed by atoms with E-state index in [9.17, 15) is 4.79 Å². The molecule has 116 valence electrons. The Labute approximate surface area is 131 Å². The van der Waals surface area contributed by atoms with Gasteiger partial charge in [0.05, 0.1) is 4.75 Å². The van der Waals surface area contributed by atoms with Crippen molar-refractivity contribution in [2.24, 2.45) is 5.92 Å². The molecule has 1 aromatic rings. The van der Waals surface area contributed by atoms with Crippen LogP contribution in [0.5, 0.6) is 0 Å². The molecule has 0 spiro atoms. The Kier molecular flexibility index (Phi) is 6.12. The summed E-state index contributed by atoms with van der Waals surface area (Å²) >= 11 is 1.71. The highest BCUT2D eigenvalue weighted by Gasteiger charge is 2.42. The summed E-state index contributed by atoms with van der Waals surface area (Å²) in [6.45, 7) is 2.89. The SMILES string of the molecule is CC(CCO)CNC(=O)C1(Sc2ccccc2)CCCC1. The first-order valence-electron chi connectivity index (χ1n) is 7.79. The van der Waals surface area contributed by atoms with Crippen LogP contribution in [0.2, 0.25) is 0 Å². The smallest absolute Gasteiger partial charge is 0.236 e. The molecule has 3 nitrogen and oxygen atoms in total. The lowest BCUT2D eigenvalue weighted by atomic mass is 10.0. The summed E-state index contributed by atoms with van der Waals surface area (Å²) in [5, 5.41) is 12.0. The largest absolute Gasteiger partial charge is 0.396 e. The summed E-state index contributed by atoms with van der Waals surface area (Å²) in [6, 6.07) is 10.2. The van der Waals surface area contributed by atoms with Crippen molar-refractivity contribution in [2.45, 2.75) is 48.7 Å². The summed E-state index contributed by atoms with van der Waals surface area (Å²) in [6.07, 6.45) is 4.89. The fraction of sp³-hybridized carbons (Fsp3) is 0.588. The van der Waals surface area contributed by atoms with Crippen LogP contribution in [0.1, 0.15) is 39.0 Å². The van der Waals surface area contributed by atoms with Gasteiger partial charge in [-0.1, -0.05) is 38.0 Å². The van der Waals surface area contributed by atoms with Gasteiger partial charge in [-0.05, 0) is 37.3 Å². The molecular formula is C17H25NO2S. The number of aliphatic hydroxyl groups is 1. The number of carbonyl (C=O) groups is 1. The fourth-order valence-electron chi connectivity index (χ4n) is 2.79. The third-order valence-corrected chi connectivity index (χ3v) is 5.61. The second-order valence-electron chi connectivity index (χ2n) is 5.94. The number of carbonyl (C=O) groups excluding carboxylic acids is 1. The van der Waals surface area contributed by atoms with E-state index in [4.69, 9.17) is 5.11 Å². The second kappa shape index (κ2) is 7.85. The normalized spacial score (nSPS) is 18.4. The van der Waals surface area contributed by atoms with E-state index in [0.29, 0.717) is 12.5 Å². The Morgan fingerprint density at radius 2 is 2.00 bits per heavy atom. The predicted octanol–water partition coefficient (Wildman–Crippen LogP) is 3.23. The van der Waals surface area contributed by atoms with Gasteiger partial charge in [0.25, 0.3) is 0 Å². The molecule has 1 aliphatic rings. The molecule has 1 aromatic carbocycles. The average Bonchev–Trinajstić information content (AvgIpc) is 2.96. The Balaban J connectivity index is 1.99. The monoisotopic (exact) mass is 307 g/mol. The van der Waals surface area contributed by atoms with Crippen LogP contribution in [0.3, 0.4) is 0 Å². The van der Waals surface area contributed by atoms with Gasteiger partial charge in [-0.3, -0.25) is 4.79 Å². The van der Waals surface area contributed by atoms with Crippen LogP contribution in [0.25, 0.3) is 0 Å². The fourth-order valence-corrected chi connectivity index (χ4v) is 4.19. The summed E-state index contributed by atoms with van der Waals surface area (Å²) in [5.41, 5.74) is 0. The van der Waals surface area contributed by atoms with Gasteiger partial charge in [-0.25, -0.2) is 0 Å². The van der Waals surface area contributed by atoms with E-state index in [0.717, 1.165) is 37.0 Å². The number of amides is 1. The maximum Gasteiger partial charge on any atom is 0.236 e. The molecule has 21 heavy (non-hydrogen) atoms. The van der Waals surface area contributed by atoms with Crippen molar-refractivity contribution in [2.75, 3.05) is 13.2 Å². The summed E-state index contributed by atoms with van der Waals surface area (Å²) in [4.78, 5) is 13.9. The molecule has 1 atom stereocenters. The van der Waals surface area contributed by atoms with Crippen LogP contribution in [0.4, 0.5) is 0 Å². The molecule has 1 fully saturated rings. The molecule has 1 amide bonds. The van der Waals surface area contributed by atoms with E-state index in [2.05, 4.69) is 24.4 Å². The van der Waals surface area contributed by atoms with Gasteiger partial charge >= 0.3 is 0 Å². The van der Waals surface area contributed by atoms with Gasteiger partial charge in [-0.2, -0.15) is 0 Å². The quantitative estimate of drug-likeness (QED) is 0.813. The molecule has 0 radical (unpaired) electrons. The third kappa shape index (κ3) is 4.48. The van der Waals surface area contributed by atoms with Crippen molar-refractivity contribution in [3.63, 3.8) is 0 Å². The maximum atomic E-state index is 12.7. The molecule has 0 saturated heterocycles. The van der Waals surface area contributed by atoms with Gasteiger partial charge in [0.2, 0.25) is 5.91 Å². The van der Waals surface area contributed by atoms with E-state index in [1.807, 2.05) is 18.2 Å². The van der Waals surface area contributed by atoms with Crippen molar-refractivity contribution < 1.29 is 9.90 Å². The van der Waals surface area contributed by atoms with E-state index in [1.54, 1.807) is 11.8 Å². The molecule has 4 heteroatoms. The zero-order valence-electron chi connectivity index (χ0n) is 12.7. The minimum absolute atomic E-state index is 0.165. The van der Waals surface area contributed by atoms with Crippen molar-refractivity contribution in [3.05, 3.63) is 30.3 Å². The molecule has 1 aliphatic carbocycles. The number of nitrogens with one attached hydrogen (secondary N) is 1. The Hall–Kier alpha value is -1.00. The van der Waals surface area contributed by atoms with Gasteiger partial charge in [0.15, 0.2) is 0 Å². The summed E-state index contributed by atoms with van der Waals surface area (Å²) in [5.74, 6) is 0.484. The molecule has 2 N–H and O–H groups in total. The molecule has 2 rings (SSSR count). The lowest BCUT2D eigenvalue weighted by Crippen LogP contribution is -2.43. The van der Waals surface area contributed by atoms with E-state index in [-0.39, 0.29) is 17.3 Å². The Morgan fingerprint density at radius 1 is 1.33 bits per heavy atom. The summed E-state index contributed by atoms with van der Waals surface area (Å²) in [7, 11) is 0. The van der Waals surface area contributed by atoms with Crippen molar-refractivity contribution in [1.29, 1.82) is 0 Å². The zero-order chi connectivity index (χ0) is 15.1. The Morgan fingerprint density at radius 3 is 2.62 bits per heavy atom. The molecule has 0 heterocycles. The van der Waals surface area contributed by atoms with Crippen molar-refractivity contribution >= 4 is 17.7 Å². The van der Waals surface area contributed by atoms with E-state index < -0.39 is 0 Å². The van der Waals surface area contributed by atoms with Gasteiger partial charge in [0, 0.05) is 18.0 Å². The molecule has 1 unspecified atom stereocenters. The number of hydrogen-bond donors (Lipinski definition) is 2. The number of rotatable bonds is 7. The first-order chi connectivity index (χ1) is 10.2. The van der Waals surface area contributed by atoms with Crippen molar-refractivity contribution in [3.8, 4) is 0 Å². The molecule has 0 aliphatic heterocycles. The average molecular weight is 307 g/mol. The van der Waals surface area contributed by atoms with Crippen LogP contribution in [0, 0.1) is 5.92 Å². The number of thioether (sulfide) groups is 1. The van der Waals surface area contributed by atoms with Gasteiger partial charge in [0.1, 0.15) is 0 Å². The van der Waals surface area contributed by atoms with Crippen LogP contribution >= 0.6 is 11.8 Å². The second-order valence-corrected chi connectivity index (χ2v) is 7.40. The first-order valence-corrected chi connectivity index (χ1v) is 8.61. The molecule has 0 bridgehead atoms. The number of aliphatic hydroxyl groups excluding tert-OH is 1. The van der Waals surface area contributed by atoms with E-state index >= 15 is 0 Å². The standard InChI is InChI=1S/C17H25NO2S/c1-14(9-12-19)13-18-16(20)17(10-5-6-11-17)21-15-7-3-2-4-8-15/h2-4,7-8,14,19H,5-6,9-13H2,1H3,(H,18,20). The van der Waals surface area contributed by atoms with Crippen LogP contribution in [-0.2, 0) is 4.79 Å². The summed E-state index contributed by atoms with van der Waals surface area (Å²) < 4.78 is -0.305. The highest BCUT2D eigenvalue weighted by atomic mass is 32.2. The van der Waals surface area contributed by atoms with Gasteiger partial charge < -0.3 is 10.4 Å². The van der Waals surface area contributed by atoms with Crippen LogP contribution in [-0.4, -0.2) is 28.9 Å². The first kappa shape index (κ1) is 16.4. The topological polar surface area (TPSA) is 49.3 Å². The third-order valence-electron chi connectivity index (χ3n) is 4.11. The number of hydrogen-bond acceptors (Lipinski definition) is 3. The Bertz CT molecular complexity index is 443. The predicted molar refractivity (Wildman–Crippen MR) is 87.4 cm³/mol. The minimum Gasteiger partial charge on any atom is -0.396 e. The van der Waals surface area contributed by atoms with Crippen LogP contribution < -0.4 is 5.32 Å².